The quantitative estimate of drug-likeness (QED) is 0.128. The van der Waals surface area contributed by atoms with Crippen LogP contribution < -0.4 is 14.5 Å². The second-order valence-electron chi connectivity index (χ2n) is 19.0. The van der Waals surface area contributed by atoms with Crippen molar-refractivity contribution in [2.45, 2.75) is 65.7 Å². The van der Waals surface area contributed by atoms with E-state index in [1.807, 2.05) is 71.8 Å². The van der Waals surface area contributed by atoms with Gasteiger partial charge in [-0.05, 0) is 86.3 Å². The van der Waals surface area contributed by atoms with Crippen LogP contribution in [-0.2, 0) is 26.5 Å². The van der Waals surface area contributed by atoms with Gasteiger partial charge in [0.15, 0.2) is 0 Å². The Kier molecular flexibility index (Phi) is 9.70. The molecule has 8 aromatic carbocycles. The zero-order valence-electron chi connectivity index (χ0n) is 49.9. The number of hydrogen-bond donors (Lipinski definition) is 0. The molecule has 0 atom stereocenters. The number of rotatable bonds is 10. The number of para-hydroxylation sites is 4. The summed E-state index contributed by atoms with van der Waals surface area (Å²) in [7, 11) is 0. The van der Waals surface area contributed by atoms with Gasteiger partial charge in [0, 0.05) is 72.5 Å². The number of pyridine rings is 1. The van der Waals surface area contributed by atoms with Gasteiger partial charge in [-0.3, -0.25) is 0 Å². The van der Waals surface area contributed by atoms with Gasteiger partial charge in [0.1, 0.15) is 5.82 Å². The Labute approximate surface area is 441 Å². The third-order valence-corrected chi connectivity index (χ3v) is 12.8. The molecular formula is C64H55N4OPt-3. The van der Waals surface area contributed by atoms with Crippen LogP contribution in [0.15, 0.2) is 188 Å². The van der Waals surface area contributed by atoms with Crippen LogP contribution in [0.4, 0.5) is 22.7 Å². The van der Waals surface area contributed by atoms with Gasteiger partial charge in [-0.1, -0.05) is 181 Å². The van der Waals surface area contributed by atoms with E-state index in [4.69, 9.17) is 17.9 Å². The largest absolute Gasteiger partial charge is 0.509 e. The number of nitrogens with zero attached hydrogens (tertiary/aromatic N) is 4. The molecule has 10 aromatic rings. The smallest absolute Gasteiger partial charge is 0.135 e. The zero-order chi connectivity index (χ0) is 56.1. The van der Waals surface area contributed by atoms with Gasteiger partial charge in [-0.2, -0.15) is 6.07 Å². The summed E-state index contributed by atoms with van der Waals surface area (Å²) in [5, 5.41) is 2.02. The van der Waals surface area contributed by atoms with E-state index in [-0.39, 0.29) is 66.3 Å². The first kappa shape index (κ1) is 35.8. The van der Waals surface area contributed by atoms with Gasteiger partial charge in [0.25, 0.3) is 0 Å². The fourth-order valence-electron chi connectivity index (χ4n) is 9.50. The van der Waals surface area contributed by atoms with Crippen molar-refractivity contribution in [3.63, 3.8) is 0 Å². The van der Waals surface area contributed by atoms with Crippen molar-refractivity contribution in [1.82, 2.24) is 9.55 Å². The number of benzene rings is 8. The summed E-state index contributed by atoms with van der Waals surface area (Å²) in [6, 6.07) is 41.3. The van der Waals surface area contributed by atoms with Crippen LogP contribution in [0.25, 0.3) is 61.0 Å². The molecular weight excluding hydrogens is 1040 g/mol. The van der Waals surface area contributed by atoms with Crippen molar-refractivity contribution < 1.29 is 39.5 Å². The normalized spacial score (nSPS) is 14.5. The van der Waals surface area contributed by atoms with E-state index >= 15 is 0 Å². The monoisotopic (exact) mass is 1100 g/mol. The van der Waals surface area contributed by atoms with Crippen molar-refractivity contribution >= 4 is 44.6 Å². The topological polar surface area (TPSA) is 33.5 Å². The van der Waals surface area contributed by atoms with Crippen LogP contribution in [0.1, 0.15) is 90.7 Å². The predicted molar refractivity (Wildman–Crippen MR) is 287 cm³/mol. The summed E-state index contributed by atoms with van der Waals surface area (Å²) < 4.78 is 97.7. The van der Waals surface area contributed by atoms with E-state index in [0.717, 1.165) is 55.4 Å². The van der Waals surface area contributed by atoms with Crippen LogP contribution in [0.2, 0.25) is 0 Å². The first-order valence-corrected chi connectivity index (χ1v) is 23.3. The number of fused-ring (bicyclic) bond motifs is 4. The summed E-state index contributed by atoms with van der Waals surface area (Å²) in [4.78, 5) is 8.60. The Morgan fingerprint density at radius 3 is 1.86 bits per heavy atom. The second-order valence-corrected chi connectivity index (χ2v) is 19.0. The van der Waals surface area contributed by atoms with E-state index in [1.54, 1.807) is 29.8 Å². The van der Waals surface area contributed by atoms with Crippen LogP contribution >= 0.6 is 0 Å². The first-order valence-electron chi connectivity index (χ1n) is 28.3. The van der Waals surface area contributed by atoms with Crippen molar-refractivity contribution in [1.29, 1.82) is 0 Å². The number of anilines is 4. The molecule has 0 bridgehead atoms. The molecule has 11 rings (SSSR count). The number of aromatic nitrogens is 2. The minimum Gasteiger partial charge on any atom is -0.509 e. The van der Waals surface area contributed by atoms with Gasteiger partial charge < -0.3 is 19.1 Å². The minimum absolute atomic E-state index is 0. The zero-order valence-corrected chi connectivity index (χ0v) is 42.1. The van der Waals surface area contributed by atoms with Crippen LogP contribution in [0.5, 0.6) is 11.5 Å². The molecule has 6 heteroatoms. The molecule has 350 valence electrons. The molecule has 0 spiro atoms. The summed E-state index contributed by atoms with van der Waals surface area (Å²) in [6.07, 6.45) is 1.85. The van der Waals surface area contributed by atoms with Gasteiger partial charge in [0.2, 0.25) is 0 Å². The molecule has 0 amide bonds. The molecule has 5 nitrogen and oxygen atoms in total. The molecule has 1 aliphatic rings. The van der Waals surface area contributed by atoms with Crippen molar-refractivity contribution in [3.05, 3.63) is 223 Å². The van der Waals surface area contributed by atoms with E-state index in [0.29, 0.717) is 28.6 Å². The summed E-state index contributed by atoms with van der Waals surface area (Å²) in [6.45, 7) is 17.0. The van der Waals surface area contributed by atoms with Gasteiger partial charge in [-0.15, -0.1) is 53.6 Å². The van der Waals surface area contributed by atoms with Crippen molar-refractivity contribution in [2.75, 3.05) is 9.80 Å². The maximum Gasteiger partial charge on any atom is 0.135 e. The van der Waals surface area contributed by atoms with Gasteiger partial charge in [-0.25, -0.2) is 4.98 Å². The number of ether oxygens (including phenoxy) is 1. The van der Waals surface area contributed by atoms with Crippen LogP contribution in [-0.4, -0.2) is 9.55 Å². The first-order chi connectivity index (χ1) is 37.7. The maximum atomic E-state index is 9.19. The Morgan fingerprint density at radius 2 is 1.21 bits per heavy atom. The third kappa shape index (κ3) is 8.51. The van der Waals surface area contributed by atoms with Crippen LogP contribution in [0.3, 0.4) is 0 Å². The third-order valence-electron chi connectivity index (χ3n) is 12.8. The summed E-state index contributed by atoms with van der Waals surface area (Å²) in [5.41, 5.74) is 9.07. The van der Waals surface area contributed by atoms with Gasteiger partial charge in [0.05, 0.1) is 13.7 Å². The predicted octanol–water partition coefficient (Wildman–Crippen LogP) is 17.5. The van der Waals surface area contributed by atoms with Crippen molar-refractivity contribution in [2.24, 2.45) is 0 Å². The van der Waals surface area contributed by atoms with Crippen LogP contribution in [0, 0.1) is 18.8 Å². The summed E-state index contributed by atoms with van der Waals surface area (Å²) >= 11 is 0. The molecule has 0 unspecified atom stereocenters. The second kappa shape index (κ2) is 18.9. The molecule has 3 heterocycles. The Balaban J connectivity index is 0.00000720. The minimum atomic E-state index is -0.567. The molecule has 0 fully saturated rings. The van der Waals surface area contributed by atoms with E-state index in [1.165, 1.54) is 0 Å². The molecule has 2 aromatic heterocycles. The fraction of sp³-hybridized carbons (Fsp3) is 0.156. The average Bonchev–Trinajstić information content (AvgIpc) is 4.07. The van der Waals surface area contributed by atoms with E-state index in [9.17, 15) is 5.48 Å². The molecule has 70 heavy (non-hydrogen) atoms. The van der Waals surface area contributed by atoms with E-state index < -0.39 is 60.4 Å². The molecule has 0 aliphatic carbocycles. The Hall–Kier alpha value is -7.20. The maximum absolute atomic E-state index is 9.19. The standard InChI is InChI=1S/C64H55N4O.Pt/c1-42(2)51-25-18-26-52(43(3)4)62(51)46-36-48(39-50(37-46)69-49-32-33-56-55-24-14-15-29-57(55)68(60(56)40-49)61-38-47(34-35-65-61)64(5,6)7)66-41-67(59-31-17-16-30-58(59)66)63-53(44-20-10-8-11-21-44)27-19-28-54(63)45-22-12-9-13-23-45;/h8-38,41-43H,1-7H3;/q-3;/i8D,9D,10D,11D,12D,13D,20D,21D,22D,23D;. The molecule has 0 N–H and O–H groups in total. The number of hydrogen-bond acceptors (Lipinski definition) is 4. The summed E-state index contributed by atoms with van der Waals surface area (Å²) in [5.74, 6) is 1.86. The molecule has 0 saturated heterocycles. The molecule has 1 aliphatic heterocycles. The fourth-order valence-corrected chi connectivity index (χ4v) is 9.50. The Bertz CT molecular complexity index is 3960. The van der Waals surface area contributed by atoms with Gasteiger partial charge >= 0.3 is 0 Å². The Morgan fingerprint density at radius 1 is 0.600 bits per heavy atom. The molecule has 0 radical (unpaired) electrons. The molecule has 0 saturated carbocycles. The van der Waals surface area contributed by atoms with E-state index in [2.05, 4.69) is 108 Å². The SMILES string of the molecule is [2H]c1c([2H])c([2H])c(-c2cccc(-c3c([2H])c([2H])c([2H])c([2H])c3[2H])c2N2[CH-]N(c3[c-]c(Oc4[c-]c5c(cc4)c4ccccc4n5-c4cc(C(C)(C)C)ccn4)cc(-c4c(C(C)C)cccc4C(C)C)c3)c3ccccc32)c([2H])c1[2H].[Pt]. The average molecular weight is 1100 g/mol. The van der Waals surface area contributed by atoms with Crippen molar-refractivity contribution in [3.8, 4) is 50.7 Å².